The van der Waals surface area contributed by atoms with E-state index in [1.807, 2.05) is 0 Å². The third-order valence-electron chi connectivity index (χ3n) is 2.06. The molecule has 0 N–H and O–H groups in total. The van der Waals surface area contributed by atoms with Crippen molar-refractivity contribution in [3.8, 4) is 0 Å². The molecule has 0 rings (SSSR count). The van der Waals surface area contributed by atoms with E-state index in [0.29, 0.717) is 0 Å². The molecule has 20 heavy (non-hydrogen) atoms. The molecule has 0 aromatic carbocycles. The number of rotatable bonds is 6. The van der Waals surface area contributed by atoms with Gasteiger partial charge in [0.1, 0.15) is 6.42 Å². The molecule has 120 valence electrons. The predicted molar refractivity (Wildman–Crippen MR) is 53.3 cm³/mol. The first-order valence-electron chi connectivity index (χ1n) is 4.96. The smallest absolute Gasteiger partial charge is 0.288 e. The zero-order valence-corrected chi connectivity index (χ0v) is 10.7. The van der Waals surface area contributed by atoms with E-state index in [0.717, 1.165) is 6.92 Å². The van der Waals surface area contributed by atoms with Gasteiger partial charge in [0.25, 0.3) is 0 Å². The minimum Gasteiger partial charge on any atom is -0.288 e. The van der Waals surface area contributed by atoms with E-state index in [2.05, 4.69) is 0 Å². The summed E-state index contributed by atoms with van der Waals surface area (Å²) >= 11 is 0.179. The molecular weight excluding hydrogens is 327 g/mol. The second kappa shape index (κ2) is 6.02. The minimum atomic E-state index is -6.17. The van der Waals surface area contributed by atoms with E-state index in [1.165, 1.54) is 0 Å². The molecule has 0 atom stereocenters. The third kappa shape index (κ3) is 5.06. The molecule has 0 radical (unpaired) electrons. The van der Waals surface area contributed by atoms with Gasteiger partial charge in [0.2, 0.25) is 0 Å². The van der Waals surface area contributed by atoms with E-state index in [-0.39, 0.29) is 11.8 Å². The number of halogens is 9. The normalized spacial score (nSPS) is 14.5. The van der Waals surface area contributed by atoms with Crippen molar-refractivity contribution in [2.45, 2.75) is 43.7 Å². The lowest BCUT2D eigenvalue weighted by atomic mass is 9.99. The Morgan fingerprint density at radius 1 is 0.900 bits per heavy atom. The number of hydrogen-bond donors (Lipinski definition) is 0. The van der Waals surface area contributed by atoms with Crippen LogP contribution < -0.4 is 0 Å². The van der Waals surface area contributed by atoms with E-state index in [1.54, 1.807) is 0 Å². The van der Waals surface area contributed by atoms with Crippen molar-refractivity contribution in [2.24, 2.45) is 0 Å². The SMILES string of the molecule is CC(=O)SCCC(F)(F)C(F)(F)C(F)(F)CC(F)(F)F. The number of thioether (sulfide) groups is 1. The Morgan fingerprint density at radius 2 is 1.35 bits per heavy atom. The van der Waals surface area contributed by atoms with Crippen molar-refractivity contribution in [3.05, 3.63) is 0 Å². The molecule has 0 bridgehead atoms. The van der Waals surface area contributed by atoms with Crippen LogP contribution in [-0.2, 0) is 4.79 Å². The van der Waals surface area contributed by atoms with Gasteiger partial charge in [0, 0.05) is 19.1 Å². The van der Waals surface area contributed by atoms with Crippen LogP contribution in [-0.4, -0.2) is 34.8 Å². The first kappa shape index (κ1) is 19.4. The van der Waals surface area contributed by atoms with Crippen LogP contribution in [0.15, 0.2) is 0 Å². The fraction of sp³-hybridized carbons (Fsp3) is 0.889. The van der Waals surface area contributed by atoms with Gasteiger partial charge in [-0.2, -0.15) is 39.5 Å². The summed E-state index contributed by atoms with van der Waals surface area (Å²) in [4.78, 5) is 10.4. The number of alkyl halides is 9. The van der Waals surface area contributed by atoms with Gasteiger partial charge in [0.15, 0.2) is 5.12 Å². The molecule has 0 aromatic rings. The summed E-state index contributed by atoms with van der Waals surface area (Å²) in [6.07, 6.45) is -10.9. The summed E-state index contributed by atoms with van der Waals surface area (Å²) < 4.78 is 113. The Bertz CT molecular complexity index is 350. The maximum atomic E-state index is 13.0. The first-order valence-corrected chi connectivity index (χ1v) is 5.94. The molecule has 0 aliphatic heterocycles. The molecule has 0 amide bonds. The fourth-order valence-corrected chi connectivity index (χ4v) is 1.76. The van der Waals surface area contributed by atoms with Gasteiger partial charge in [0.05, 0.1) is 0 Å². The second-order valence-corrected chi connectivity index (χ2v) is 5.14. The lowest BCUT2D eigenvalue weighted by Crippen LogP contribution is -2.55. The van der Waals surface area contributed by atoms with Crippen LogP contribution in [0.25, 0.3) is 0 Å². The molecule has 0 aliphatic carbocycles. The van der Waals surface area contributed by atoms with Crippen LogP contribution in [0.1, 0.15) is 19.8 Å². The van der Waals surface area contributed by atoms with Gasteiger partial charge >= 0.3 is 23.9 Å². The van der Waals surface area contributed by atoms with Gasteiger partial charge in [-0.25, -0.2) is 0 Å². The Labute approximate surface area is 111 Å². The molecular formula is C9H9F9OS. The highest BCUT2D eigenvalue weighted by Crippen LogP contribution is 2.51. The molecule has 0 aliphatic rings. The second-order valence-electron chi connectivity index (χ2n) is 3.87. The number of carbonyl (C=O) groups is 1. The summed E-state index contributed by atoms with van der Waals surface area (Å²) in [5.74, 6) is -18.4. The Balaban J connectivity index is 5.02. The number of carbonyl (C=O) groups excluding carboxylic acids is 1. The van der Waals surface area contributed by atoms with Crippen LogP contribution in [0.3, 0.4) is 0 Å². The lowest BCUT2D eigenvalue weighted by molar-refractivity contribution is -0.331. The van der Waals surface area contributed by atoms with Crippen molar-refractivity contribution >= 4 is 16.9 Å². The largest absolute Gasteiger partial charge is 0.395 e. The van der Waals surface area contributed by atoms with Crippen LogP contribution in [0.2, 0.25) is 0 Å². The quantitative estimate of drug-likeness (QED) is 0.664. The van der Waals surface area contributed by atoms with E-state index >= 15 is 0 Å². The van der Waals surface area contributed by atoms with Crippen molar-refractivity contribution < 1.29 is 44.3 Å². The van der Waals surface area contributed by atoms with E-state index in [9.17, 15) is 44.3 Å². The van der Waals surface area contributed by atoms with Gasteiger partial charge in [-0.3, -0.25) is 4.79 Å². The fourth-order valence-electron chi connectivity index (χ4n) is 1.11. The first-order chi connectivity index (χ1) is 8.62. The Hall–Kier alpha value is -0.610. The van der Waals surface area contributed by atoms with Crippen LogP contribution in [0.5, 0.6) is 0 Å². The van der Waals surface area contributed by atoms with Crippen molar-refractivity contribution in [1.29, 1.82) is 0 Å². The lowest BCUT2D eigenvalue weighted by Gasteiger charge is -2.33. The zero-order valence-electron chi connectivity index (χ0n) is 9.84. The van der Waals surface area contributed by atoms with E-state index in [4.69, 9.17) is 0 Å². The average molecular weight is 336 g/mol. The predicted octanol–water partition coefficient (Wildman–Crippen LogP) is 4.51. The maximum Gasteiger partial charge on any atom is 0.395 e. The van der Waals surface area contributed by atoms with Crippen LogP contribution >= 0.6 is 11.8 Å². The topological polar surface area (TPSA) is 17.1 Å². The van der Waals surface area contributed by atoms with Gasteiger partial charge in [-0.1, -0.05) is 11.8 Å². The molecule has 1 nitrogen and oxygen atoms in total. The highest BCUT2D eigenvalue weighted by Gasteiger charge is 2.72. The van der Waals surface area contributed by atoms with Crippen LogP contribution in [0, 0.1) is 0 Å². The molecule has 0 heterocycles. The molecule has 11 heteroatoms. The molecule has 0 aromatic heterocycles. The van der Waals surface area contributed by atoms with Crippen LogP contribution in [0.4, 0.5) is 39.5 Å². The average Bonchev–Trinajstić information content (AvgIpc) is 2.11. The molecule has 0 unspecified atom stereocenters. The van der Waals surface area contributed by atoms with Crippen molar-refractivity contribution in [3.63, 3.8) is 0 Å². The summed E-state index contributed by atoms with van der Waals surface area (Å²) in [6, 6.07) is 0. The Morgan fingerprint density at radius 3 is 1.70 bits per heavy atom. The highest BCUT2D eigenvalue weighted by atomic mass is 32.2. The monoisotopic (exact) mass is 336 g/mol. The van der Waals surface area contributed by atoms with E-state index < -0.39 is 47.7 Å². The van der Waals surface area contributed by atoms with Crippen molar-refractivity contribution in [1.82, 2.24) is 0 Å². The maximum absolute atomic E-state index is 13.0. The van der Waals surface area contributed by atoms with Gasteiger partial charge in [-0.15, -0.1) is 0 Å². The number of hydrogen-bond acceptors (Lipinski definition) is 2. The zero-order chi connectivity index (χ0) is 16.4. The summed E-state index contributed by atoms with van der Waals surface area (Å²) in [6.45, 7) is 0.930. The molecule has 0 spiro atoms. The Kier molecular flexibility index (Phi) is 5.84. The minimum absolute atomic E-state index is 0.179. The summed E-state index contributed by atoms with van der Waals surface area (Å²) in [5.41, 5.74) is 0. The molecule has 0 fully saturated rings. The third-order valence-corrected chi connectivity index (χ3v) is 2.88. The summed E-state index contributed by atoms with van der Waals surface area (Å²) in [5, 5.41) is -0.717. The van der Waals surface area contributed by atoms with Crippen molar-refractivity contribution in [2.75, 3.05) is 5.75 Å². The molecule has 0 saturated heterocycles. The van der Waals surface area contributed by atoms with Gasteiger partial charge < -0.3 is 0 Å². The van der Waals surface area contributed by atoms with Gasteiger partial charge in [-0.05, 0) is 0 Å². The summed E-state index contributed by atoms with van der Waals surface area (Å²) in [7, 11) is 0. The highest BCUT2D eigenvalue weighted by molar-refractivity contribution is 8.13. The standard InChI is InChI=1S/C9H9F9OS/c1-5(19)20-3-2-6(10,11)9(17,18)7(12,13)4-8(14,15)16/h2-4H2,1H3. The molecule has 0 saturated carbocycles.